The van der Waals surface area contributed by atoms with Gasteiger partial charge in [-0.25, -0.2) is 19.7 Å². The second-order valence-corrected chi connectivity index (χ2v) is 7.36. The number of rotatable bonds is 4. The fourth-order valence-electron chi connectivity index (χ4n) is 3.45. The number of aliphatic carboxylic acids is 1. The van der Waals surface area contributed by atoms with Crippen LogP contribution in [0.25, 0.3) is 0 Å². The molecule has 31 heavy (non-hydrogen) atoms. The van der Waals surface area contributed by atoms with Crippen LogP contribution in [0.15, 0.2) is 18.6 Å². The highest BCUT2D eigenvalue weighted by Crippen LogP contribution is 2.23. The van der Waals surface area contributed by atoms with Crippen molar-refractivity contribution in [2.45, 2.75) is 58.2 Å². The van der Waals surface area contributed by atoms with Crippen LogP contribution in [0.2, 0.25) is 0 Å². The molecule has 0 aromatic carbocycles. The molecule has 0 radical (unpaired) electrons. The van der Waals surface area contributed by atoms with Crippen LogP contribution in [-0.4, -0.2) is 60.2 Å². The molecule has 3 rings (SSSR count). The predicted octanol–water partition coefficient (Wildman–Crippen LogP) is 3.09. The maximum Gasteiger partial charge on any atom is 0.490 e. The summed E-state index contributed by atoms with van der Waals surface area (Å²) in [5.74, 6) is -0.915. The SMILES string of the molecule is Cc1ncc(C(=O)N2CCCCC2CCc2nccn2C)c(C)n1.O=C(O)C(F)(F)F. The Hall–Kier alpha value is -2.98. The van der Waals surface area contributed by atoms with Gasteiger partial charge in [0, 0.05) is 44.6 Å². The molecule has 1 unspecified atom stereocenters. The van der Waals surface area contributed by atoms with Crippen LogP contribution in [0.4, 0.5) is 13.2 Å². The minimum Gasteiger partial charge on any atom is -0.475 e. The van der Waals surface area contributed by atoms with Crippen LogP contribution in [0.1, 0.15) is 53.4 Å². The van der Waals surface area contributed by atoms with Crippen molar-refractivity contribution in [1.29, 1.82) is 0 Å². The highest BCUT2D eigenvalue weighted by molar-refractivity contribution is 5.95. The third-order valence-corrected chi connectivity index (χ3v) is 5.08. The van der Waals surface area contributed by atoms with Crippen LogP contribution in [0.5, 0.6) is 0 Å². The van der Waals surface area contributed by atoms with Crippen LogP contribution in [0.3, 0.4) is 0 Å². The van der Waals surface area contributed by atoms with E-state index in [1.165, 1.54) is 6.42 Å². The molecule has 1 N–H and O–H groups in total. The van der Waals surface area contributed by atoms with Gasteiger partial charge < -0.3 is 14.6 Å². The summed E-state index contributed by atoms with van der Waals surface area (Å²) in [6.07, 6.45) is 5.52. The number of piperidine rings is 1. The average molecular weight is 441 g/mol. The Morgan fingerprint density at radius 1 is 1.23 bits per heavy atom. The lowest BCUT2D eigenvalue weighted by molar-refractivity contribution is -0.192. The number of likely N-dealkylation sites (tertiary alicyclic amines) is 1. The predicted molar refractivity (Wildman–Crippen MR) is 105 cm³/mol. The smallest absolute Gasteiger partial charge is 0.475 e. The normalized spacial score (nSPS) is 16.5. The van der Waals surface area contributed by atoms with Crippen molar-refractivity contribution in [1.82, 2.24) is 24.4 Å². The molecule has 2 aromatic heterocycles. The fourth-order valence-corrected chi connectivity index (χ4v) is 3.45. The first-order valence-electron chi connectivity index (χ1n) is 9.88. The van der Waals surface area contributed by atoms with E-state index in [0.717, 1.165) is 43.7 Å². The third kappa shape index (κ3) is 6.76. The van der Waals surface area contributed by atoms with E-state index in [4.69, 9.17) is 9.90 Å². The van der Waals surface area contributed by atoms with Crippen molar-refractivity contribution in [3.63, 3.8) is 0 Å². The molecule has 3 heterocycles. The molecule has 1 saturated heterocycles. The number of halogens is 3. The number of carbonyl (C=O) groups excluding carboxylic acids is 1. The number of amides is 1. The summed E-state index contributed by atoms with van der Waals surface area (Å²) in [5.41, 5.74) is 1.39. The van der Waals surface area contributed by atoms with Gasteiger partial charge in [-0.3, -0.25) is 4.79 Å². The summed E-state index contributed by atoms with van der Waals surface area (Å²) >= 11 is 0. The quantitative estimate of drug-likeness (QED) is 0.783. The van der Waals surface area contributed by atoms with Crippen molar-refractivity contribution in [3.05, 3.63) is 41.5 Å². The monoisotopic (exact) mass is 441 g/mol. The van der Waals surface area contributed by atoms with Gasteiger partial charge in [0.25, 0.3) is 5.91 Å². The zero-order valence-corrected chi connectivity index (χ0v) is 17.7. The zero-order valence-electron chi connectivity index (χ0n) is 17.7. The fraction of sp³-hybridized carbons (Fsp3) is 0.550. The molecule has 0 bridgehead atoms. The number of hydrogen-bond donors (Lipinski definition) is 1. The van der Waals surface area contributed by atoms with Gasteiger partial charge in [0.1, 0.15) is 11.6 Å². The van der Waals surface area contributed by atoms with Gasteiger partial charge in [0.2, 0.25) is 0 Å². The van der Waals surface area contributed by atoms with Gasteiger partial charge in [-0.2, -0.15) is 13.2 Å². The maximum atomic E-state index is 13.0. The van der Waals surface area contributed by atoms with Crippen molar-refractivity contribution in [3.8, 4) is 0 Å². The van der Waals surface area contributed by atoms with E-state index in [9.17, 15) is 18.0 Å². The first-order valence-corrected chi connectivity index (χ1v) is 9.88. The largest absolute Gasteiger partial charge is 0.490 e. The molecule has 0 spiro atoms. The topological polar surface area (TPSA) is 101 Å². The number of nitrogens with zero attached hydrogens (tertiary/aromatic N) is 5. The molecule has 1 amide bonds. The van der Waals surface area contributed by atoms with Crippen LogP contribution in [0, 0.1) is 13.8 Å². The van der Waals surface area contributed by atoms with E-state index in [1.54, 1.807) is 6.20 Å². The molecule has 0 aliphatic carbocycles. The zero-order chi connectivity index (χ0) is 23.2. The van der Waals surface area contributed by atoms with Gasteiger partial charge in [-0.05, 0) is 39.5 Å². The standard InChI is InChI=1S/C18H25N5O.C2HF3O2/c1-13-16(12-20-14(2)21-13)18(24)23-10-5-4-6-15(23)7-8-17-19-9-11-22(17)3;3-2(4,5)1(6)7/h9,11-12,15H,4-8,10H2,1-3H3;(H,6,7). The van der Waals surface area contributed by atoms with Crippen molar-refractivity contribution in [2.75, 3.05) is 6.54 Å². The lowest BCUT2D eigenvalue weighted by Crippen LogP contribution is -2.44. The first-order chi connectivity index (χ1) is 14.5. The summed E-state index contributed by atoms with van der Waals surface area (Å²) in [6, 6.07) is 0.267. The van der Waals surface area contributed by atoms with E-state index < -0.39 is 12.1 Å². The second kappa shape index (κ2) is 10.4. The van der Waals surface area contributed by atoms with Crippen LogP contribution >= 0.6 is 0 Å². The first kappa shape index (κ1) is 24.3. The van der Waals surface area contributed by atoms with Gasteiger partial charge in [-0.1, -0.05) is 0 Å². The third-order valence-electron chi connectivity index (χ3n) is 5.08. The molecule has 1 fully saturated rings. The summed E-state index contributed by atoms with van der Waals surface area (Å²) in [4.78, 5) is 36.9. The number of imidazole rings is 1. The highest BCUT2D eigenvalue weighted by Gasteiger charge is 2.38. The number of alkyl halides is 3. The van der Waals surface area contributed by atoms with Gasteiger partial charge >= 0.3 is 12.1 Å². The molecular formula is C20H26F3N5O3. The molecule has 1 atom stereocenters. The summed E-state index contributed by atoms with van der Waals surface area (Å²) in [6.45, 7) is 4.55. The number of aryl methyl sites for hydroxylation is 4. The Balaban J connectivity index is 0.000000423. The Morgan fingerprint density at radius 2 is 1.90 bits per heavy atom. The van der Waals surface area contributed by atoms with Gasteiger partial charge in [0.15, 0.2) is 0 Å². The van der Waals surface area contributed by atoms with E-state index in [1.807, 2.05) is 42.8 Å². The Morgan fingerprint density at radius 3 is 2.45 bits per heavy atom. The van der Waals surface area contributed by atoms with Crippen LogP contribution < -0.4 is 0 Å². The van der Waals surface area contributed by atoms with E-state index in [2.05, 4.69) is 15.0 Å². The molecule has 2 aromatic rings. The van der Waals surface area contributed by atoms with Gasteiger partial charge in [-0.15, -0.1) is 0 Å². The summed E-state index contributed by atoms with van der Waals surface area (Å²) < 4.78 is 33.8. The molecule has 1 aliphatic rings. The summed E-state index contributed by atoms with van der Waals surface area (Å²) in [7, 11) is 2.01. The van der Waals surface area contributed by atoms with Crippen molar-refractivity contribution in [2.24, 2.45) is 7.05 Å². The van der Waals surface area contributed by atoms with Crippen molar-refractivity contribution < 1.29 is 27.9 Å². The van der Waals surface area contributed by atoms with E-state index in [-0.39, 0.29) is 11.9 Å². The molecule has 1 aliphatic heterocycles. The highest BCUT2D eigenvalue weighted by atomic mass is 19.4. The lowest BCUT2D eigenvalue weighted by Gasteiger charge is -2.36. The van der Waals surface area contributed by atoms with Crippen LogP contribution in [-0.2, 0) is 18.3 Å². The summed E-state index contributed by atoms with van der Waals surface area (Å²) in [5, 5.41) is 7.12. The molecule has 170 valence electrons. The van der Waals surface area contributed by atoms with E-state index in [0.29, 0.717) is 11.4 Å². The minimum atomic E-state index is -5.08. The van der Waals surface area contributed by atoms with Crippen molar-refractivity contribution >= 4 is 11.9 Å². The number of carboxylic acid groups (broad SMARTS) is 1. The molecule has 11 heteroatoms. The maximum absolute atomic E-state index is 13.0. The second-order valence-electron chi connectivity index (χ2n) is 7.36. The Labute approximate surface area is 178 Å². The average Bonchev–Trinajstić information content (AvgIpc) is 3.10. The van der Waals surface area contributed by atoms with E-state index >= 15 is 0 Å². The Bertz CT molecular complexity index is 914. The minimum absolute atomic E-state index is 0.0667. The number of aromatic nitrogens is 4. The lowest BCUT2D eigenvalue weighted by atomic mass is 9.96. The van der Waals surface area contributed by atoms with Gasteiger partial charge in [0.05, 0.1) is 11.3 Å². The number of carboxylic acids is 1. The number of hydrogen-bond acceptors (Lipinski definition) is 5. The molecule has 0 saturated carbocycles. The molecular weight excluding hydrogens is 415 g/mol. The number of carbonyl (C=O) groups is 2. The Kier molecular flexibility index (Phi) is 8.12. The molecule has 8 nitrogen and oxygen atoms in total.